The van der Waals surface area contributed by atoms with E-state index in [0.29, 0.717) is 5.69 Å². The highest BCUT2D eigenvalue weighted by Crippen LogP contribution is 2.22. The summed E-state index contributed by atoms with van der Waals surface area (Å²) in [7, 11) is 0. The zero-order valence-electron chi connectivity index (χ0n) is 13.5. The molecule has 1 rings (SSSR count). The van der Waals surface area contributed by atoms with Crippen LogP contribution in [0, 0.1) is 20.8 Å². The molecule has 0 aliphatic carbocycles. The summed E-state index contributed by atoms with van der Waals surface area (Å²) in [5, 5.41) is 24.5. The standard InChI is InChI=1S/C16H24N2O4/c1-9-5-10(2)15(11(3)6-9)18-14(20)7-13(16(21)22)17-8-12(4)19/h5-6,12-13,17,19H,7-8H2,1-4H3,(H,18,20)(H,21,22)/t12-,13-/m1/s1. The van der Waals surface area contributed by atoms with Crippen molar-refractivity contribution in [3.63, 3.8) is 0 Å². The van der Waals surface area contributed by atoms with Gasteiger partial charge >= 0.3 is 0 Å². The summed E-state index contributed by atoms with van der Waals surface area (Å²) in [6.07, 6.45) is -0.853. The lowest BCUT2D eigenvalue weighted by atomic mass is 10.0. The van der Waals surface area contributed by atoms with Crippen LogP contribution in [0.1, 0.15) is 30.0 Å². The van der Waals surface area contributed by atoms with Crippen LogP contribution >= 0.6 is 0 Å². The zero-order chi connectivity index (χ0) is 16.9. The minimum Gasteiger partial charge on any atom is -0.544 e. The molecular weight excluding hydrogens is 284 g/mol. The molecular formula is C16H24N2O4. The van der Waals surface area contributed by atoms with Crippen LogP contribution in [0.25, 0.3) is 0 Å². The molecule has 0 heterocycles. The molecule has 1 aromatic rings. The third kappa shape index (κ3) is 5.46. The normalized spacial score (nSPS) is 13.5. The van der Waals surface area contributed by atoms with E-state index in [9.17, 15) is 19.8 Å². The van der Waals surface area contributed by atoms with E-state index in [2.05, 4.69) is 5.32 Å². The molecule has 22 heavy (non-hydrogen) atoms. The first-order chi connectivity index (χ1) is 10.2. The fourth-order valence-electron chi connectivity index (χ4n) is 2.39. The van der Waals surface area contributed by atoms with E-state index in [-0.39, 0.29) is 18.9 Å². The fourth-order valence-corrected chi connectivity index (χ4v) is 2.39. The van der Waals surface area contributed by atoms with Crippen molar-refractivity contribution < 1.29 is 25.1 Å². The molecule has 4 N–H and O–H groups in total. The molecule has 0 aromatic heterocycles. The van der Waals surface area contributed by atoms with Gasteiger partial charge in [0, 0.05) is 5.69 Å². The Morgan fingerprint density at radius 2 is 1.82 bits per heavy atom. The van der Waals surface area contributed by atoms with Crippen molar-refractivity contribution in [3.05, 3.63) is 28.8 Å². The Morgan fingerprint density at radius 1 is 1.27 bits per heavy atom. The highest BCUT2D eigenvalue weighted by atomic mass is 16.4. The van der Waals surface area contributed by atoms with Gasteiger partial charge in [-0.25, -0.2) is 0 Å². The molecule has 0 aliphatic rings. The number of aryl methyl sites for hydroxylation is 3. The Balaban J connectivity index is 2.74. The minimum absolute atomic E-state index is 0.203. The number of aliphatic hydroxyl groups is 1. The summed E-state index contributed by atoms with van der Waals surface area (Å²) in [6, 6.07) is 2.90. The first kappa shape index (κ1) is 18.1. The van der Waals surface area contributed by atoms with Crippen molar-refractivity contribution in [3.8, 4) is 0 Å². The molecule has 0 unspecified atom stereocenters. The predicted molar refractivity (Wildman–Crippen MR) is 81.2 cm³/mol. The third-order valence-electron chi connectivity index (χ3n) is 3.41. The predicted octanol–water partition coefficient (Wildman–Crippen LogP) is -0.997. The molecule has 2 atom stereocenters. The Hall–Kier alpha value is -1.92. The highest BCUT2D eigenvalue weighted by molar-refractivity contribution is 5.94. The maximum atomic E-state index is 12.1. The lowest BCUT2D eigenvalue weighted by molar-refractivity contribution is -0.687. The lowest BCUT2D eigenvalue weighted by Crippen LogP contribution is -2.94. The largest absolute Gasteiger partial charge is 0.544 e. The average molecular weight is 308 g/mol. The molecule has 0 bridgehead atoms. The number of nitrogens with two attached hydrogens (primary N) is 1. The number of carboxylic acid groups (broad SMARTS) is 1. The van der Waals surface area contributed by atoms with E-state index in [1.807, 2.05) is 32.9 Å². The van der Waals surface area contributed by atoms with Crippen LogP contribution in [0.4, 0.5) is 5.69 Å². The molecule has 0 aliphatic heterocycles. The number of carbonyl (C=O) groups is 2. The highest BCUT2D eigenvalue weighted by Gasteiger charge is 2.20. The van der Waals surface area contributed by atoms with Gasteiger partial charge in [0.15, 0.2) is 0 Å². The topological polar surface area (TPSA) is 106 Å². The Morgan fingerprint density at radius 3 is 2.27 bits per heavy atom. The first-order valence-corrected chi connectivity index (χ1v) is 7.30. The van der Waals surface area contributed by atoms with Crippen LogP contribution in [-0.4, -0.2) is 35.7 Å². The number of benzene rings is 1. The monoisotopic (exact) mass is 308 g/mol. The summed E-state index contributed by atoms with van der Waals surface area (Å²) in [5.41, 5.74) is 3.68. The number of amides is 1. The summed E-state index contributed by atoms with van der Waals surface area (Å²) < 4.78 is 0. The summed E-state index contributed by atoms with van der Waals surface area (Å²) >= 11 is 0. The molecule has 0 saturated heterocycles. The van der Waals surface area contributed by atoms with Crippen LogP contribution in [0.2, 0.25) is 0 Å². The number of anilines is 1. The van der Waals surface area contributed by atoms with Crippen LogP contribution in [0.3, 0.4) is 0 Å². The number of aliphatic carboxylic acids is 1. The fraction of sp³-hybridized carbons (Fsp3) is 0.500. The lowest BCUT2D eigenvalue weighted by Gasteiger charge is -2.18. The van der Waals surface area contributed by atoms with Gasteiger partial charge in [-0.3, -0.25) is 4.79 Å². The second-order valence-electron chi connectivity index (χ2n) is 5.77. The van der Waals surface area contributed by atoms with Gasteiger partial charge < -0.3 is 25.6 Å². The number of quaternary nitrogens is 1. The van der Waals surface area contributed by atoms with Crippen LogP contribution in [0.15, 0.2) is 12.1 Å². The van der Waals surface area contributed by atoms with Gasteiger partial charge in [-0.05, 0) is 38.8 Å². The number of nitrogens with one attached hydrogen (secondary N) is 1. The first-order valence-electron chi connectivity index (χ1n) is 7.30. The SMILES string of the molecule is Cc1cc(C)c(NC(=O)C[C@@H]([NH2+]C[C@@H](C)O)C(=O)[O-])c(C)c1. The molecule has 0 saturated carbocycles. The van der Waals surface area contributed by atoms with Crippen LogP contribution in [-0.2, 0) is 9.59 Å². The van der Waals surface area contributed by atoms with Crippen molar-refractivity contribution >= 4 is 17.6 Å². The van der Waals surface area contributed by atoms with Crippen molar-refractivity contribution in [2.45, 2.75) is 46.3 Å². The van der Waals surface area contributed by atoms with E-state index in [0.717, 1.165) is 16.7 Å². The van der Waals surface area contributed by atoms with Crippen LogP contribution < -0.4 is 15.7 Å². The van der Waals surface area contributed by atoms with E-state index < -0.39 is 18.1 Å². The number of carboxylic acids is 1. The van der Waals surface area contributed by atoms with Gasteiger partial charge in [0.05, 0.1) is 18.5 Å². The number of aliphatic hydroxyl groups excluding tert-OH is 1. The van der Waals surface area contributed by atoms with Gasteiger partial charge in [-0.1, -0.05) is 17.7 Å². The number of carbonyl (C=O) groups excluding carboxylic acids is 2. The van der Waals surface area contributed by atoms with Crippen molar-refractivity contribution in [2.24, 2.45) is 0 Å². The smallest absolute Gasteiger partial charge is 0.230 e. The van der Waals surface area contributed by atoms with Crippen molar-refractivity contribution in [1.82, 2.24) is 0 Å². The van der Waals surface area contributed by atoms with Gasteiger partial charge in [-0.15, -0.1) is 0 Å². The van der Waals surface area contributed by atoms with Gasteiger partial charge in [-0.2, -0.15) is 0 Å². The molecule has 0 radical (unpaired) electrons. The molecule has 122 valence electrons. The van der Waals surface area contributed by atoms with E-state index >= 15 is 0 Å². The molecule has 0 fully saturated rings. The van der Waals surface area contributed by atoms with Crippen LogP contribution in [0.5, 0.6) is 0 Å². The maximum Gasteiger partial charge on any atom is 0.230 e. The molecule has 6 heteroatoms. The van der Waals surface area contributed by atoms with E-state index in [1.54, 1.807) is 6.92 Å². The second kappa shape index (κ2) is 7.91. The molecule has 6 nitrogen and oxygen atoms in total. The zero-order valence-corrected chi connectivity index (χ0v) is 13.5. The Labute approximate surface area is 130 Å². The third-order valence-corrected chi connectivity index (χ3v) is 3.41. The van der Waals surface area contributed by atoms with Gasteiger partial charge in [0.2, 0.25) is 5.91 Å². The minimum atomic E-state index is -1.31. The van der Waals surface area contributed by atoms with E-state index in [4.69, 9.17) is 0 Å². The Kier molecular flexibility index (Phi) is 6.52. The van der Waals surface area contributed by atoms with Gasteiger partial charge in [0.1, 0.15) is 12.6 Å². The van der Waals surface area contributed by atoms with Gasteiger partial charge in [0.25, 0.3) is 0 Å². The molecule has 1 aromatic carbocycles. The average Bonchev–Trinajstić information content (AvgIpc) is 2.38. The maximum absolute atomic E-state index is 12.1. The summed E-state index contributed by atoms with van der Waals surface area (Å²) in [5.74, 6) is -1.70. The second-order valence-corrected chi connectivity index (χ2v) is 5.77. The van der Waals surface area contributed by atoms with Crippen molar-refractivity contribution in [2.75, 3.05) is 11.9 Å². The number of hydrogen-bond donors (Lipinski definition) is 3. The summed E-state index contributed by atoms with van der Waals surface area (Å²) in [4.78, 5) is 23.2. The molecule has 0 spiro atoms. The Bertz CT molecular complexity index is 532. The number of hydrogen-bond acceptors (Lipinski definition) is 4. The van der Waals surface area contributed by atoms with E-state index in [1.165, 1.54) is 5.32 Å². The quantitative estimate of drug-likeness (QED) is 0.601. The molecule has 1 amide bonds. The summed E-state index contributed by atoms with van der Waals surface area (Å²) in [6.45, 7) is 7.52. The number of rotatable bonds is 7. The van der Waals surface area contributed by atoms with Crippen molar-refractivity contribution in [1.29, 1.82) is 0 Å².